The number of likely N-dealkylation sites (tertiary alicyclic amines) is 1. The summed E-state index contributed by atoms with van der Waals surface area (Å²) >= 11 is 0. The number of anilines is 1. The SMILES string of the molecule is CC(=O)Nc1ccn(C2CCN(C(=O)c3ccccc3C)C2)n1. The average Bonchev–Trinajstić information content (AvgIpc) is 3.15. The zero-order chi connectivity index (χ0) is 16.4. The Morgan fingerprint density at radius 3 is 2.78 bits per heavy atom. The smallest absolute Gasteiger partial charge is 0.254 e. The summed E-state index contributed by atoms with van der Waals surface area (Å²) in [5.41, 5.74) is 1.75. The molecule has 1 unspecified atom stereocenters. The van der Waals surface area contributed by atoms with E-state index in [1.807, 2.05) is 47.0 Å². The minimum Gasteiger partial charge on any atom is -0.336 e. The van der Waals surface area contributed by atoms with Crippen molar-refractivity contribution in [1.82, 2.24) is 14.7 Å². The largest absolute Gasteiger partial charge is 0.336 e. The zero-order valence-corrected chi connectivity index (χ0v) is 13.3. The van der Waals surface area contributed by atoms with Crippen LogP contribution < -0.4 is 5.32 Å². The number of nitrogens with zero attached hydrogens (tertiary/aromatic N) is 3. The molecule has 6 heteroatoms. The third-order valence-electron chi connectivity index (χ3n) is 4.11. The van der Waals surface area contributed by atoms with Gasteiger partial charge in [0.1, 0.15) is 0 Å². The molecule has 2 aromatic rings. The molecule has 0 radical (unpaired) electrons. The summed E-state index contributed by atoms with van der Waals surface area (Å²) in [5, 5.41) is 7.03. The number of hydrogen-bond acceptors (Lipinski definition) is 3. The van der Waals surface area contributed by atoms with Crippen LogP contribution in [0.3, 0.4) is 0 Å². The number of carbonyl (C=O) groups excluding carboxylic acids is 2. The second kappa shape index (κ2) is 6.24. The average molecular weight is 312 g/mol. The Morgan fingerprint density at radius 2 is 2.04 bits per heavy atom. The van der Waals surface area contributed by atoms with E-state index in [2.05, 4.69) is 10.4 Å². The van der Waals surface area contributed by atoms with E-state index in [-0.39, 0.29) is 17.9 Å². The molecule has 0 saturated carbocycles. The van der Waals surface area contributed by atoms with Crippen molar-refractivity contribution < 1.29 is 9.59 Å². The summed E-state index contributed by atoms with van der Waals surface area (Å²) in [5.74, 6) is 0.471. The third kappa shape index (κ3) is 3.26. The van der Waals surface area contributed by atoms with Crippen LogP contribution in [-0.4, -0.2) is 39.6 Å². The molecule has 1 N–H and O–H groups in total. The number of carbonyl (C=O) groups is 2. The van der Waals surface area contributed by atoms with E-state index >= 15 is 0 Å². The summed E-state index contributed by atoms with van der Waals surface area (Å²) in [6.45, 7) is 4.76. The maximum absolute atomic E-state index is 12.6. The third-order valence-corrected chi connectivity index (χ3v) is 4.11. The maximum atomic E-state index is 12.6. The van der Waals surface area contributed by atoms with Crippen molar-refractivity contribution in [1.29, 1.82) is 0 Å². The summed E-state index contributed by atoms with van der Waals surface area (Å²) in [6, 6.07) is 9.56. The van der Waals surface area contributed by atoms with E-state index in [0.717, 1.165) is 17.5 Å². The van der Waals surface area contributed by atoms with Crippen LogP contribution in [0.15, 0.2) is 36.5 Å². The molecule has 0 aliphatic carbocycles. The highest BCUT2D eigenvalue weighted by Gasteiger charge is 2.29. The number of aryl methyl sites for hydroxylation is 1. The second-order valence-corrected chi connectivity index (χ2v) is 5.87. The first-order valence-electron chi connectivity index (χ1n) is 7.72. The van der Waals surface area contributed by atoms with E-state index in [1.165, 1.54) is 6.92 Å². The standard InChI is InChI=1S/C17H20N4O2/c1-12-5-3-4-6-15(12)17(23)20-9-7-14(11-20)21-10-8-16(19-21)18-13(2)22/h3-6,8,10,14H,7,9,11H2,1-2H3,(H,18,19,22). The van der Waals surface area contributed by atoms with Crippen molar-refractivity contribution in [2.24, 2.45) is 0 Å². The summed E-state index contributed by atoms with van der Waals surface area (Å²) in [6.07, 6.45) is 2.70. The molecule has 2 amide bonds. The number of nitrogens with one attached hydrogen (secondary N) is 1. The van der Waals surface area contributed by atoms with Gasteiger partial charge >= 0.3 is 0 Å². The van der Waals surface area contributed by atoms with Crippen molar-refractivity contribution in [3.05, 3.63) is 47.7 Å². The van der Waals surface area contributed by atoms with E-state index in [4.69, 9.17) is 0 Å². The number of rotatable bonds is 3. The minimum absolute atomic E-state index is 0.0693. The first kappa shape index (κ1) is 15.3. The Bertz CT molecular complexity index is 738. The molecule has 1 aromatic carbocycles. The van der Waals surface area contributed by atoms with Crippen molar-refractivity contribution >= 4 is 17.6 Å². The lowest BCUT2D eigenvalue weighted by Gasteiger charge is -2.18. The molecule has 1 aromatic heterocycles. The fraction of sp³-hybridized carbons (Fsp3) is 0.353. The first-order valence-corrected chi connectivity index (χ1v) is 7.72. The van der Waals surface area contributed by atoms with Gasteiger partial charge in [-0.2, -0.15) is 5.10 Å². The molecule has 1 aliphatic rings. The lowest BCUT2D eigenvalue weighted by atomic mass is 10.1. The number of aromatic nitrogens is 2. The molecular weight excluding hydrogens is 292 g/mol. The highest BCUT2D eigenvalue weighted by atomic mass is 16.2. The molecule has 0 bridgehead atoms. The number of amides is 2. The van der Waals surface area contributed by atoms with E-state index in [0.29, 0.717) is 18.9 Å². The van der Waals surface area contributed by atoms with Crippen LogP contribution in [0.1, 0.15) is 35.3 Å². The van der Waals surface area contributed by atoms with E-state index < -0.39 is 0 Å². The van der Waals surface area contributed by atoms with Crippen molar-refractivity contribution in [2.45, 2.75) is 26.3 Å². The highest BCUT2D eigenvalue weighted by molar-refractivity contribution is 5.95. The Labute approximate surface area is 135 Å². The predicted octanol–water partition coefficient (Wildman–Crippen LogP) is 2.24. The van der Waals surface area contributed by atoms with Gasteiger partial charge in [-0.25, -0.2) is 0 Å². The molecule has 0 spiro atoms. The van der Waals surface area contributed by atoms with Gasteiger partial charge < -0.3 is 10.2 Å². The molecule has 6 nitrogen and oxygen atoms in total. The first-order chi connectivity index (χ1) is 11.0. The van der Waals surface area contributed by atoms with Crippen LogP contribution in [0, 0.1) is 6.92 Å². The lowest BCUT2D eigenvalue weighted by molar-refractivity contribution is -0.114. The van der Waals surface area contributed by atoms with Crippen molar-refractivity contribution in [3.8, 4) is 0 Å². The molecule has 1 fully saturated rings. The monoisotopic (exact) mass is 312 g/mol. The minimum atomic E-state index is -0.141. The van der Waals surface area contributed by atoms with Crippen LogP contribution in [0.5, 0.6) is 0 Å². The number of benzene rings is 1. The van der Waals surface area contributed by atoms with Crippen molar-refractivity contribution in [3.63, 3.8) is 0 Å². The van der Waals surface area contributed by atoms with Crippen LogP contribution >= 0.6 is 0 Å². The molecule has 1 aliphatic heterocycles. The van der Waals surface area contributed by atoms with Gasteiger partial charge in [0.25, 0.3) is 5.91 Å². The van der Waals surface area contributed by atoms with Crippen molar-refractivity contribution in [2.75, 3.05) is 18.4 Å². The van der Waals surface area contributed by atoms with Gasteiger partial charge in [0.2, 0.25) is 5.91 Å². The van der Waals surface area contributed by atoms with Gasteiger partial charge in [-0.1, -0.05) is 18.2 Å². The van der Waals surface area contributed by atoms with Gasteiger partial charge in [-0.15, -0.1) is 0 Å². The quantitative estimate of drug-likeness (QED) is 0.945. The van der Waals surface area contributed by atoms with Gasteiger partial charge in [-0.3, -0.25) is 14.3 Å². The molecule has 3 rings (SSSR count). The topological polar surface area (TPSA) is 67.2 Å². The summed E-state index contributed by atoms with van der Waals surface area (Å²) < 4.78 is 1.83. The Morgan fingerprint density at radius 1 is 1.26 bits per heavy atom. The molecule has 2 heterocycles. The van der Waals surface area contributed by atoms with Crippen LogP contribution in [-0.2, 0) is 4.79 Å². The Kier molecular flexibility index (Phi) is 4.14. The fourth-order valence-electron chi connectivity index (χ4n) is 2.91. The Hall–Kier alpha value is -2.63. The molecule has 23 heavy (non-hydrogen) atoms. The maximum Gasteiger partial charge on any atom is 0.254 e. The zero-order valence-electron chi connectivity index (χ0n) is 13.3. The lowest BCUT2D eigenvalue weighted by Crippen LogP contribution is -2.29. The van der Waals surface area contributed by atoms with Gasteiger partial charge in [0.05, 0.1) is 6.04 Å². The molecular formula is C17H20N4O2. The molecule has 1 saturated heterocycles. The van der Waals surface area contributed by atoms with Gasteiger partial charge in [0, 0.05) is 37.8 Å². The van der Waals surface area contributed by atoms with Crippen LogP contribution in [0.4, 0.5) is 5.82 Å². The molecule has 120 valence electrons. The predicted molar refractivity (Wildman–Crippen MR) is 87.3 cm³/mol. The van der Waals surface area contributed by atoms with Gasteiger partial charge in [-0.05, 0) is 25.0 Å². The molecule has 1 atom stereocenters. The van der Waals surface area contributed by atoms with Gasteiger partial charge in [0.15, 0.2) is 5.82 Å². The second-order valence-electron chi connectivity index (χ2n) is 5.87. The fourth-order valence-corrected chi connectivity index (χ4v) is 2.91. The summed E-state index contributed by atoms with van der Waals surface area (Å²) in [4.78, 5) is 25.6. The van der Waals surface area contributed by atoms with Crippen LogP contribution in [0.25, 0.3) is 0 Å². The Balaban J connectivity index is 1.69. The highest BCUT2D eigenvalue weighted by Crippen LogP contribution is 2.24. The van der Waals surface area contributed by atoms with E-state index in [1.54, 1.807) is 6.07 Å². The number of hydrogen-bond donors (Lipinski definition) is 1. The summed E-state index contributed by atoms with van der Waals surface area (Å²) in [7, 11) is 0. The van der Waals surface area contributed by atoms with Crippen LogP contribution in [0.2, 0.25) is 0 Å². The normalized spacial score (nSPS) is 17.3. The van der Waals surface area contributed by atoms with E-state index in [9.17, 15) is 9.59 Å².